The standard InChI is InChI=1S/C15H13BrCl2FNO/c1-2-21-13-7-10(17)8(6-11(13)18)15(20)14-9(16)4-3-5-12(14)19/h3-7,15H,2,20H2,1H3. The number of ether oxygens (including phenoxy) is 1. The molecule has 1 atom stereocenters. The molecule has 0 aliphatic rings. The van der Waals surface area contributed by atoms with Crippen molar-refractivity contribution in [2.75, 3.05) is 6.61 Å². The number of hydrogen-bond donors (Lipinski definition) is 1. The SMILES string of the molecule is CCOc1cc(Cl)c(C(N)c2c(F)cccc2Br)cc1Cl. The van der Waals surface area contributed by atoms with Gasteiger partial charge in [-0.05, 0) is 30.7 Å². The van der Waals surface area contributed by atoms with Crippen LogP contribution in [0.5, 0.6) is 5.75 Å². The number of halogens is 4. The largest absolute Gasteiger partial charge is 0.492 e. The Balaban J connectivity index is 2.49. The van der Waals surface area contributed by atoms with E-state index >= 15 is 0 Å². The molecule has 2 aromatic carbocycles. The second-order valence-electron chi connectivity index (χ2n) is 4.35. The summed E-state index contributed by atoms with van der Waals surface area (Å²) in [6, 6.07) is 7.14. The number of benzene rings is 2. The van der Waals surface area contributed by atoms with E-state index in [0.29, 0.717) is 38.0 Å². The van der Waals surface area contributed by atoms with Crippen LogP contribution in [-0.2, 0) is 0 Å². The molecule has 2 aromatic rings. The third-order valence-electron chi connectivity index (χ3n) is 3.00. The predicted molar refractivity (Wildman–Crippen MR) is 87.8 cm³/mol. The maximum atomic E-state index is 14.0. The van der Waals surface area contributed by atoms with Gasteiger partial charge in [0.25, 0.3) is 0 Å². The fourth-order valence-electron chi connectivity index (χ4n) is 2.01. The molecule has 0 aromatic heterocycles. The highest BCUT2D eigenvalue weighted by Crippen LogP contribution is 2.37. The van der Waals surface area contributed by atoms with Crippen LogP contribution in [0, 0.1) is 5.82 Å². The van der Waals surface area contributed by atoms with E-state index in [2.05, 4.69) is 15.9 Å². The minimum atomic E-state index is -0.735. The molecule has 112 valence electrons. The third-order valence-corrected chi connectivity index (χ3v) is 4.31. The number of hydrogen-bond acceptors (Lipinski definition) is 2. The molecule has 2 nitrogen and oxygen atoms in total. The first-order valence-electron chi connectivity index (χ1n) is 6.27. The van der Waals surface area contributed by atoms with E-state index < -0.39 is 11.9 Å². The van der Waals surface area contributed by atoms with Gasteiger partial charge in [0.05, 0.1) is 17.7 Å². The average molecular weight is 393 g/mol. The molecular formula is C15H13BrCl2FNO. The summed E-state index contributed by atoms with van der Waals surface area (Å²) in [5, 5.41) is 0.768. The van der Waals surface area contributed by atoms with E-state index in [4.69, 9.17) is 33.7 Å². The first-order valence-corrected chi connectivity index (χ1v) is 7.81. The lowest BCUT2D eigenvalue weighted by atomic mass is 9.99. The summed E-state index contributed by atoms with van der Waals surface area (Å²) in [7, 11) is 0. The summed E-state index contributed by atoms with van der Waals surface area (Å²) in [5.41, 5.74) is 7.03. The Labute approximate surface area is 141 Å². The van der Waals surface area contributed by atoms with Crippen LogP contribution < -0.4 is 10.5 Å². The molecule has 0 fully saturated rings. The second kappa shape index (κ2) is 6.97. The maximum Gasteiger partial charge on any atom is 0.139 e. The summed E-state index contributed by atoms with van der Waals surface area (Å²) >= 11 is 15.7. The van der Waals surface area contributed by atoms with Crippen molar-refractivity contribution in [1.29, 1.82) is 0 Å². The van der Waals surface area contributed by atoms with E-state index in [1.165, 1.54) is 6.07 Å². The number of rotatable bonds is 4. The molecule has 0 heterocycles. The summed E-state index contributed by atoms with van der Waals surface area (Å²) in [4.78, 5) is 0. The summed E-state index contributed by atoms with van der Waals surface area (Å²) in [6.45, 7) is 2.32. The first-order chi connectivity index (χ1) is 9.95. The van der Waals surface area contributed by atoms with Gasteiger partial charge in [-0.25, -0.2) is 4.39 Å². The molecule has 0 saturated carbocycles. The highest BCUT2D eigenvalue weighted by Gasteiger charge is 2.21. The molecule has 21 heavy (non-hydrogen) atoms. The van der Waals surface area contributed by atoms with Crippen LogP contribution in [0.25, 0.3) is 0 Å². The molecule has 0 spiro atoms. The lowest BCUT2D eigenvalue weighted by Gasteiger charge is -2.18. The van der Waals surface area contributed by atoms with E-state index in [1.807, 2.05) is 6.92 Å². The van der Waals surface area contributed by atoms with Crippen molar-refractivity contribution in [3.8, 4) is 5.75 Å². The summed E-state index contributed by atoms with van der Waals surface area (Å²) in [6.07, 6.45) is 0. The van der Waals surface area contributed by atoms with Crippen LogP contribution in [-0.4, -0.2) is 6.61 Å². The fourth-order valence-corrected chi connectivity index (χ4v) is 3.10. The molecule has 0 amide bonds. The van der Waals surface area contributed by atoms with Crippen molar-refractivity contribution < 1.29 is 9.13 Å². The normalized spacial score (nSPS) is 12.3. The second-order valence-corrected chi connectivity index (χ2v) is 6.02. The Morgan fingerprint density at radius 1 is 1.29 bits per heavy atom. The maximum absolute atomic E-state index is 14.0. The molecule has 2 rings (SSSR count). The fraction of sp³-hybridized carbons (Fsp3) is 0.200. The van der Waals surface area contributed by atoms with Gasteiger partial charge in [-0.15, -0.1) is 0 Å². The van der Waals surface area contributed by atoms with Crippen molar-refractivity contribution in [3.63, 3.8) is 0 Å². The van der Waals surface area contributed by atoms with Crippen molar-refractivity contribution in [2.45, 2.75) is 13.0 Å². The monoisotopic (exact) mass is 391 g/mol. The van der Waals surface area contributed by atoms with Crippen LogP contribution >= 0.6 is 39.1 Å². The minimum absolute atomic E-state index is 0.333. The Hall–Kier alpha value is -0.810. The molecule has 0 radical (unpaired) electrons. The Kier molecular flexibility index (Phi) is 5.49. The molecule has 0 bridgehead atoms. The van der Waals surface area contributed by atoms with Gasteiger partial charge in [0, 0.05) is 21.1 Å². The van der Waals surface area contributed by atoms with E-state index in [-0.39, 0.29) is 0 Å². The number of nitrogens with two attached hydrogens (primary N) is 1. The van der Waals surface area contributed by atoms with Crippen LogP contribution in [0.15, 0.2) is 34.8 Å². The highest BCUT2D eigenvalue weighted by atomic mass is 79.9. The lowest BCUT2D eigenvalue weighted by molar-refractivity contribution is 0.340. The van der Waals surface area contributed by atoms with Crippen LogP contribution in [0.4, 0.5) is 4.39 Å². The molecule has 6 heteroatoms. The van der Waals surface area contributed by atoms with E-state index in [0.717, 1.165) is 0 Å². The van der Waals surface area contributed by atoms with Gasteiger partial charge in [-0.2, -0.15) is 0 Å². The van der Waals surface area contributed by atoms with E-state index in [9.17, 15) is 4.39 Å². The Morgan fingerprint density at radius 2 is 2.00 bits per heavy atom. The first kappa shape index (κ1) is 16.6. The minimum Gasteiger partial charge on any atom is -0.492 e. The van der Waals surface area contributed by atoms with Gasteiger partial charge in [0.2, 0.25) is 0 Å². The van der Waals surface area contributed by atoms with Crippen LogP contribution in [0.3, 0.4) is 0 Å². The predicted octanol–water partition coefficient (Wildman–Crippen LogP) is 5.34. The van der Waals surface area contributed by atoms with Gasteiger partial charge in [-0.3, -0.25) is 0 Å². The molecule has 0 aliphatic heterocycles. The van der Waals surface area contributed by atoms with Gasteiger partial charge in [0.15, 0.2) is 0 Å². The zero-order chi connectivity index (χ0) is 15.6. The van der Waals surface area contributed by atoms with Crippen LogP contribution in [0.1, 0.15) is 24.1 Å². The molecule has 0 saturated heterocycles. The lowest BCUT2D eigenvalue weighted by Crippen LogP contribution is -2.15. The zero-order valence-electron chi connectivity index (χ0n) is 11.2. The molecular weight excluding hydrogens is 380 g/mol. The van der Waals surface area contributed by atoms with Gasteiger partial charge < -0.3 is 10.5 Å². The van der Waals surface area contributed by atoms with Crippen molar-refractivity contribution in [2.24, 2.45) is 5.73 Å². The zero-order valence-corrected chi connectivity index (χ0v) is 14.3. The van der Waals surface area contributed by atoms with Crippen LogP contribution in [0.2, 0.25) is 10.0 Å². The average Bonchev–Trinajstić information content (AvgIpc) is 2.42. The molecule has 0 aliphatic carbocycles. The van der Waals surface area contributed by atoms with Crippen molar-refractivity contribution in [3.05, 3.63) is 61.8 Å². The highest BCUT2D eigenvalue weighted by molar-refractivity contribution is 9.10. The molecule has 2 N–H and O–H groups in total. The van der Waals surface area contributed by atoms with Gasteiger partial charge in [0.1, 0.15) is 11.6 Å². The van der Waals surface area contributed by atoms with Gasteiger partial charge in [-0.1, -0.05) is 45.2 Å². The quantitative estimate of drug-likeness (QED) is 0.761. The summed E-state index contributed by atoms with van der Waals surface area (Å²) in [5.74, 6) is 0.0747. The summed E-state index contributed by atoms with van der Waals surface area (Å²) < 4.78 is 20.0. The Morgan fingerprint density at radius 3 is 2.62 bits per heavy atom. The van der Waals surface area contributed by atoms with Crippen molar-refractivity contribution >= 4 is 39.1 Å². The topological polar surface area (TPSA) is 35.2 Å². The smallest absolute Gasteiger partial charge is 0.139 e. The van der Waals surface area contributed by atoms with Gasteiger partial charge >= 0.3 is 0 Å². The molecule has 1 unspecified atom stereocenters. The third kappa shape index (κ3) is 3.51. The Bertz CT molecular complexity index is 646. The van der Waals surface area contributed by atoms with E-state index in [1.54, 1.807) is 24.3 Å². The van der Waals surface area contributed by atoms with Crippen molar-refractivity contribution in [1.82, 2.24) is 0 Å².